The molecule has 0 saturated heterocycles. The summed E-state index contributed by atoms with van der Waals surface area (Å²) in [5, 5.41) is 3.44. The average Bonchev–Trinajstić information content (AvgIpc) is 3.02. The molecule has 0 fully saturated rings. The highest BCUT2D eigenvalue weighted by Gasteiger charge is 2.36. The summed E-state index contributed by atoms with van der Waals surface area (Å²) in [6, 6.07) is 29.9. The Balaban J connectivity index is 1.85. The lowest BCUT2D eigenvalue weighted by molar-refractivity contribution is -0.140. The number of sulfonamides is 1. The van der Waals surface area contributed by atoms with E-state index in [0.29, 0.717) is 10.6 Å². The minimum absolute atomic E-state index is 0.00710. The zero-order valence-corrected chi connectivity index (χ0v) is 27.4. The summed E-state index contributed by atoms with van der Waals surface area (Å²) >= 11 is 6.56. The van der Waals surface area contributed by atoms with Crippen LogP contribution < -0.4 is 14.4 Å². The molecule has 1 atom stereocenters. The van der Waals surface area contributed by atoms with Crippen molar-refractivity contribution >= 4 is 39.1 Å². The predicted octanol–water partition coefficient (Wildman–Crippen LogP) is 6.10. The number of amides is 2. The van der Waals surface area contributed by atoms with Gasteiger partial charge in [0.1, 0.15) is 18.3 Å². The van der Waals surface area contributed by atoms with Crippen LogP contribution in [0.15, 0.2) is 114 Å². The fourth-order valence-electron chi connectivity index (χ4n) is 4.89. The quantitative estimate of drug-likeness (QED) is 0.201. The van der Waals surface area contributed by atoms with Gasteiger partial charge in [-0.1, -0.05) is 90.5 Å². The second kappa shape index (κ2) is 14.6. The lowest BCUT2D eigenvalue weighted by atomic mass is 10.0. The number of carbonyl (C=O) groups is 2. The number of ether oxygens (including phenoxy) is 1. The third-order valence-corrected chi connectivity index (χ3v) is 9.17. The van der Waals surface area contributed by atoms with E-state index in [4.69, 9.17) is 16.3 Å². The van der Waals surface area contributed by atoms with E-state index in [1.54, 1.807) is 66.7 Å². The van der Waals surface area contributed by atoms with Gasteiger partial charge >= 0.3 is 0 Å². The van der Waals surface area contributed by atoms with E-state index in [1.165, 1.54) is 24.1 Å². The van der Waals surface area contributed by atoms with Crippen LogP contribution in [0, 0.1) is 0 Å². The fourth-order valence-corrected chi connectivity index (χ4v) is 6.53. The normalized spacial score (nSPS) is 12.2. The molecule has 0 saturated carbocycles. The van der Waals surface area contributed by atoms with Gasteiger partial charge in [0, 0.05) is 23.5 Å². The van der Waals surface area contributed by atoms with Crippen LogP contribution in [0.25, 0.3) is 0 Å². The number of rotatable bonds is 12. The van der Waals surface area contributed by atoms with Gasteiger partial charge in [0.2, 0.25) is 11.8 Å². The van der Waals surface area contributed by atoms with E-state index < -0.39 is 34.1 Å². The smallest absolute Gasteiger partial charge is 0.264 e. The van der Waals surface area contributed by atoms with Gasteiger partial charge in [0.15, 0.2) is 0 Å². The molecule has 45 heavy (non-hydrogen) atoms. The van der Waals surface area contributed by atoms with Crippen molar-refractivity contribution in [3.63, 3.8) is 0 Å². The van der Waals surface area contributed by atoms with Crippen molar-refractivity contribution < 1.29 is 22.7 Å². The fraction of sp³-hybridized carbons (Fsp3) is 0.257. The van der Waals surface area contributed by atoms with Crippen LogP contribution in [0.2, 0.25) is 5.02 Å². The van der Waals surface area contributed by atoms with Crippen molar-refractivity contribution in [3.05, 3.63) is 125 Å². The molecule has 0 heterocycles. The van der Waals surface area contributed by atoms with Crippen LogP contribution in [0.4, 0.5) is 5.69 Å². The highest BCUT2D eigenvalue weighted by molar-refractivity contribution is 7.92. The van der Waals surface area contributed by atoms with E-state index in [9.17, 15) is 18.0 Å². The summed E-state index contributed by atoms with van der Waals surface area (Å²) in [6.07, 6.45) is 0.193. The van der Waals surface area contributed by atoms with Crippen LogP contribution in [-0.2, 0) is 32.6 Å². The van der Waals surface area contributed by atoms with E-state index in [1.807, 2.05) is 51.1 Å². The first-order chi connectivity index (χ1) is 21.4. The van der Waals surface area contributed by atoms with Crippen molar-refractivity contribution in [1.82, 2.24) is 10.2 Å². The Bertz CT molecular complexity index is 1710. The number of benzene rings is 4. The van der Waals surface area contributed by atoms with Crippen LogP contribution >= 0.6 is 11.6 Å². The first kappa shape index (κ1) is 33.6. The number of methoxy groups -OCH3 is 1. The highest BCUT2D eigenvalue weighted by Crippen LogP contribution is 2.33. The second-order valence-electron chi connectivity index (χ2n) is 11.6. The van der Waals surface area contributed by atoms with Crippen LogP contribution in [0.5, 0.6) is 5.75 Å². The summed E-state index contributed by atoms with van der Waals surface area (Å²) in [6.45, 7) is 4.95. The Morgan fingerprint density at radius 2 is 1.42 bits per heavy atom. The Morgan fingerprint density at radius 3 is 2.04 bits per heavy atom. The number of carbonyl (C=O) groups excluding carboxylic acids is 2. The lowest BCUT2D eigenvalue weighted by Crippen LogP contribution is -2.56. The number of hydrogen-bond acceptors (Lipinski definition) is 5. The maximum atomic E-state index is 14.6. The molecule has 0 spiro atoms. The van der Waals surface area contributed by atoms with Gasteiger partial charge in [-0.2, -0.15) is 0 Å². The standard InChI is InChI=1S/C35H38ClN3O5S/c1-35(2,3)37-34(41)31(23-26-15-7-5-8-16-26)38(24-27-17-11-12-20-29(27)36)33(40)25-39(30-21-13-14-22-32(30)44-4)45(42,43)28-18-9-6-10-19-28/h5-22,31H,23-25H2,1-4H3,(H,37,41)/t31-/m1/s1. The Hall–Kier alpha value is -4.34. The van der Waals surface area contributed by atoms with E-state index >= 15 is 0 Å². The molecule has 0 unspecified atom stereocenters. The van der Waals surface area contributed by atoms with Crippen molar-refractivity contribution in [1.29, 1.82) is 0 Å². The van der Waals surface area contributed by atoms with E-state index in [0.717, 1.165) is 9.87 Å². The summed E-state index contributed by atoms with van der Waals surface area (Å²) in [4.78, 5) is 30.0. The molecule has 4 aromatic rings. The van der Waals surface area contributed by atoms with Gasteiger partial charge in [0.25, 0.3) is 10.0 Å². The van der Waals surface area contributed by atoms with Crippen LogP contribution in [0.1, 0.15) is 31.9 Å². The molecular formula is C35H38ClN3O5S. The first-order valence-corrected chi connectivity index (χ1v) is 16.3. The van der Waals surface area contributed by atoms with Gasteiger partial charge in [-0.3, -0.25) is 13.9 Å². The predicted molar refractivity (Wildman–Crippen MR) is 178 cm³/mol. The summed E-state index contributed by atoms with van der Waals surface area (Å²) in [7, 11) is -2.82. The summed E-state index contributed by atoms with van der Waals surface area (Å²) < 4.78 is 34.9. The van der Waals surface area contributed by atoms with Crippen molar-refractivity contribution in [2.45, 2.75) is 50.2 Å². The molecule has 0 bridgehead atoms. The lowest BCUT2D eigenvalue weighted by Gasteiger charge is -2.35. The third-order valence-electron chi connectivity index (χ3n) is 7.03. The molecule has 10 heteroatoms. The molecule has 0 aliphatic rings. The number of hydrogen-bond donors (Lipinski definition) is 1. The van der Waals surface area contributed by atoms with Crippen molar-refractivity contribution in [3.8, 4) is 5.75 Å². The van der Waals surface area contributed by atoms with Gasteiger partial charge in [-0.25, -0.2) is 8.42 Å². The zero-order valence-electron chi connectivity index (χ0n) is 25.8. The molecule has 0 aromatic heterocycles. The molecule has 2 amide bonds. The number of halogens is 1. The molecule has 4 rings (SSSR count). The van der Waals surface area contributed by atoms with Gasteiger partial charge in [-0.15, -0.1) is 0 Å². The molecular weight excluding hydrogens is 610 g/mol. The molecule has 0 aliphatic carbocycles. The van der Waals surface area contributed by atoms with Crippen LogP contribution in [-0.4, -0.2) is 50.4 Å². The largest absolute Gasteiger partial charge is 0.495 e. The Kier molecular flexibility index (Phi) is 10.9. The molecule has 1 N–H and O–H groups in total. The van der Waals surface area contributed by atoms with Crippen molar-refractivity contribution in [2.75, 3.05) is 18.0 Å². The zero-order chi connectivity index (χ0) is 32.6. The third kappa shape index (κ3) is 8.65. The van der Waals surface area contributed by atoms with E-state index in [-0.39, 0.29) is 35.2 Å². The first-order valence-electron chi connectivity index (χ1n) is 14.5. The maximum absolute atomic E-state index is 14.6. The number of anilines is 1. The topological polar surface area (TPSA) is 96.0 Å². The SMILES string of the molecule is COc1ccccc1N(CC(=O)N(Cc1ccccc1Cl)[C@H](Cc1ccccc1)C(=O)NC(C)(C)C)S(=O)(=O)c1ccccc1. The highest BCUT2D eigenvalue weighted by atomic mass is 35.5. The summed E-state index contributed by atoms with van der Waals surface area (Å²) in [5.74, 6) is -0.694. The van der Waals surface area contributed by atoms with Gasteiger partial charge in [-0.05, 0) is 62.2 Å². The molecule has 4 aromatic carbocycles. The summed E-state index contributed by atoms with van der Waals surface area (Å²) in [5.41, 5.74) is 1.05. The maximum Gasteiger partial charge on any atom is 0.264 e. The van der Waals surface area contributed by atoms with Crippen LogP contribution in [0.3, 0.4) is 0 Å². The monoisotopic (exact) mass is 647 g/mol. The Morgan fingerprint density at radius 1 is 0.844 bits per heavy atom. The molecule has 236 valence electrons. The number of para-hydroxylation sites is 2. The van der Waals surface area contributed by atoms with Gasteiger partial charge in [0.05, 0.1) is 17.7 Å². The minimum Gasteiger partial charge on any atom is -0.495 e. The number of nitrogens with zero attached hydrogens (tertiary/aromatic N) is 2. The second-order valence-corrected chi connectivity index (χ2v) is 13.8. The van der Waals surface area contributed by atoms with Gasteiger partial charge < -0.3 is 15.0 Å². The minimum atomic E-state index is -4.25. The van der Waals surface area contributed by atoms with E-state index in [2.05, 4.69) is 5.32 Å². The average molecular weight is 648 g/mol. The number of nitrogens with one attached hydrogen (secondary N) is 1. The van der Waals surface area contributed by atoms with Crippen molar-refractivity contribution in [2.24, 2.45) is 0 Å². The Labute approximate surface area is 270 Å². The molecule has 0 radical (unpaired) electrons. The molecule has 0 aliphatic heterocycles. The molecule has 8 nitrogen and oxygen atoms in total.